The SMILES string of the molecule is CC(=O)N[C@H]1[C@H](OC2[C@@H](O)[C@@H](CO)O[C@@H](O[I-]N)[C@@H]2O[C@@H]2O[C@H](C)[C@@H](O)[C@@H](O)[C@@H]2O)O[C@H](CO)[C@H](O)[C@@H]1O. The van der Waals surface area contributed by atoms with E-state index in [-0.39, 0.29) is 0 Å². The Balaban J connectivity index is 1.94. The zero-order chi connectivity index (χ0) is 28.3. The van der Waals surface area contributed by atoms with Crippen LogP contribution >= 0.6 is 0 Å². The molecule has 224 valence electrons. The van der Waals surface area contributed by atoms with Crippen LogP contribution in [0.15, 0.2) is 0 Å². The third-order valence-electron chi connectivity index (χ3n) is 6.58. The summed E-state index contributed by atoms with van der Waals surface area (Å²) in [6, 6.07) is -1.39. The molecular formula is C20H36IN2O15-. The van der Waals surface area contributed by atoms with Crippen LogP contribution in [0, 0.1) is 0 Å². The Labute approximate surface area is 228 Å². The summed E-state index contributed by atoms with van der Waals surface area (Å²) in [5.74, 6) is -0.621. The second-order valence-corrected chi connectivity index (χ2v) is 10.2. The Morgan fingerprint density at radius 2 is 1.37 bits per heavy atom. The summed E-state index contributed by atoms with van der Waals surface area (Å²) in [5, 5.41) is 84.3. The number of carbonyl (C=O) groups is 1. The van der Waals surface area contributed by atoms with E-state index in [1.807, 2.05) is 0 Å². The summed E-state index contributed by atoms with van der Waals surface area (Å²) in [6.07, 6.45) is -21.0. The molecule has 0 aliphatic carbocycles. The van der Waals surface area contributed by atoms with E-state index in [4.69, 9.17) is 30.7 Å². The quantitative estimate of drug-likeness (QED) is 0.0805. The monoisotopic (exact) mass is 671 g/mol. The number of aliphatic hydroxyl groups is 8. The van der Waals surface area contributed by atoms with Gasteiger partial charge < -0.3 is 0 Å². The number of amides is 1. The van der Waals surface area contributed by atoms with Gasteiger partial charge in [0.25, 0.3) is 0 Å². The number of hydrogen-bond donors (Lipinski definition) is 10. The zero-order valence-electron chi connectivity index (χ0n) is 20.5. The summed E-state index contributed by atoms with van der Waals surface area (Å²) < 4.78 is 39.5. The molecule has 1 unspecified atom stereocenters. The first kappa shape index (κ1) is 32.1. The molecular weight excluding hydrogens is 635 g/mol. The number of nitrogens with two attached hydrogens (primary N) is 1. The summed E-state index contributed by atoms with van der Waals surface area (Å²) in [6.45, 7) is 1.13. The molecule has 17 nitrogen and oxygen atoms in total. The summed E-state index contributed by atoms with van der Waals surface area (Å²) >= 11 is -1.44. The molecule has 0 aromatic rings. The topological polar surface area (TPSA) is 272 Å². The number of nitrogens with one attached hydrogen (secondary N) is 1. The molecule has 11 N–H and O–H groups in total. The summed E-state index contributed by atoms with van der Waals surface area (Å²) in [4.78, 5) is 11.8. The van der Waals surface area contributed by atoms with Crippen molar-refractivity contribution in [1.82, 2.24) is 5.32 Å². The molecule has 3 aliphatic heterocycles. The Hall–Kier alpha value is -0.400. The molecule has 3 aliphatic rings. The molecule has 0 radical (unpaired) electrons. The van der Waals surface area contributed by atoms with Gasteiger partial charge in [0.15, 0.2) is 0 Å². The fourth-order valence-corrected chi connectivity index (χ4v) is 5.18. The number of halogens is 1. The predicted molar refractivity (Wildman–Crippen MR) is 114 cm³/mol. The van der Waals surface area contributed by atoms with Crippen LogP contribution in [-0.4, -0.2) is 152 Å². The van der Waals surface area contributed by atoms with Crippen molar-refractivity contribution < 1.29 is 94.3 Å². The van der Waals surface area contributed by atoms with Crippen molar-refractivity contribution in [2.24, 2.45) is 3.95 Å². The van der Waals surface area contributed by atoms with Crippen molar-refractivity contribution in [1.29, 1.82) is 0 Å². The van der Waals surface area contributed by atoms with Crippen LogP contribution < -0.4 is 31.2 Å². The van der Waals surface area contributed by atoms with Crippen LogP contribution in [-0.2, 0) is 31.5 Å². The van der Waals surface area contributed by atoms with E-state index in [9.17, 15) is 45.6 Å². The van der Waals surface area contributed by atoms with Crippen LogP contribution in [0.1, 0.15) is 13.8 Å². The van der Waals surface area contributed by atoms with E-state index >= 15 is 0 Å². The molecule has 3 fully saturated rings. The van der Waals surface area contributed by atoms with Crippen LogP contribution in [0.4, 0.5) is 0 Å². The van der Waals surface area contributed by atoms with E-state index in [1.54, 1.807) is 0 Å². The van der Waals surface area contributed by atoms with Crippen LogP contribution in [0.3, 0.4) is 0 Å². The van der Waals surface area contributed by atoms with Gasteiger partial charge in [-0.3, -0.25) is 0 Å². The fourth-order valence-electron chi connectivity index (χ4n) is 4.49. The first-order valence-corrected chi connectivity index (χ1v) is 13.9. The summed E-state index contributed by atoms with van der Waals surface area (Å²) in [5.41, 5.74) is 0. The van der Waals surface area contributed by atoms with E-state index in [1.165, 1.54) is 6.92 Å². The van der Waals surface area contributed by atoms with Gasteiger partial charge in [-0.25, -0.2) is 0 Å². The molecule has 0 spiro atoms. The van der Waals surface area contributed by atoms with Gasteiger partial charge >= 0.3 is 229 Å². The van der Waals surface area contributed by atoms with Crippen LogP contribution in [0.2, 0.25) is 0 Å². The minimum absolute atomic E-state index is 0.621. The van der Waals surface area contributed by atoms with Gasteiger partial charge in [0.05, 0.1) is 0 Å². The molecule has 3 rings (SSSR count). The number of carbonyl (C=O) groups excluding carboxylic acids is 1. The Morgan fingerprint density at radius 3 is 1.95 bits per heavy atom. The number of rotatable bonds is 9. The summed E-state index contributed by atoms with van der Waals surface area (Å²) in [7, 11) is 0. The first-order chi connectivity index (χ1) is 17.9. The second-order valence-electron chi connectivity index (χ2n) is 9.21. The number of ether oxygens (including phenoxy) is 5. The molecule has 0 aromatic heterocycles. The van der Waals surface area contributed by atoms with Gasteiger partial charge in [-0.1, -0.05) is 0 Å². The predicted octanol–water partition coefficient (Wildman–Crippen LogP) is -9.50. The van der Waals surface area contributed by atoms with Gasteiger partial charge in [0.1, 0.15) is 0 Å². The molecule has 15 atom stereocenters. The van der Waals surface area contributed by atoms with Crippen molar-refractivity contribution in [2.45, 2.75) is 106 Å². The third-order valence-corrected chi connectivity index (χ3v) is 7.37. The van der Waals surface area contributed by atoms with Crippen LogP contribution in [0.5, 0.6) is 0 Å². The van der Waals surface area contributed by atoms with Crippen molar-refractivity contribution in [2.75, 3.05) is 13.2 Å². The standard InChI is InChI=1S/C20H36IN2O15/c1-5-10(27)14(31)15(32)19(33-5)37-17-16(12(29)8(4-25)35-20(17)38-21-22)36-18-9(23-6(2)26)13(30)11(28)7(3-24)34-18/h5,7-20,24-25,27-32H,3-4,22H2,1-2H3,(H,23,26)/q-1/t5-,7-,8-,9-,10-,11+,12+,13-,14-,15+,16?,17-,18+,19+,20+/m1/s1. The Morgan fingerprint density at radius 1 is 0.789 bits per heavy atom. The van der Waals surface area contributed by atoms with Crippen molar-refractivity contribution in [3.63, 3.8) is 0 Å². The first-order valence-electron chi connectivity index (χ1n) is 11.8. The van der Waals surface area contributed by atoms with Gasteiger partial charge in [-0.2, -0.15) is 0 Å². The third kappa shape index (κ3) is 6.90. The Bertz CT molecular complexity index is 772. The van der Waals surface area contributed by atoms with Gasteiger partial charge in [-0.05, 0) is 0 Å². The Kier molecular flexibility index (Phi) is 11.8. The van der Waals surface area contributed by atoms with Crippen molar-refractivity contribution >= 4 is 5.91 Å². The average Bonchev–Trinajstić information content (AvgIpc) is 2.88. The molecule has 38 heavy (non-hydrogen) atoms. The molecule has 0 aromatic carbocycles. The average molecular weight is 671 g/mol. The second kappa shape index (κ2) is 14.0. The molecule has 1 amide bonds. The van der Waals surface area contributed by atoms with Crippen LogP contribution in [0.25, 0.3) is 0 Å². The molecule has 3 saturated heterocycles. The van der Waals surface area contributed by atoms with E-state index in [0.29, 0.717) is 0 Å². The number of hydrogen-bond acceptors (Lipinski definition) is 16. The van der Waals surface area contributed by atoms with E-state index < -0.39 is 133 Å². The zero-order valence-corrected chi connectivity index (χ0v) is 22.6. The van der Waals surface area contributed by atoms with Gasteiger partial charge in [0.2, 0.25) is 0 Å². The van der Waals surface area contributed by atoms with Gasteiger partial charge in [-0.15, -0.1) is 0 Å². The maximum atomic E-state index is 11.8. The van der Waals surface area contributed by atoms with E-state index in [0.717, 1.165) is 6.92 Å². The maximum absolute atomic E-state index is 11.8. The molecule has 3 heterocycles. The minimum atomic E-state index is -1.75. The number of aliphatic hydroxyl groups excluding tert-OH is 8. The fraction of sp³-hybridized carbons (Fsp3) is 0.950. The molecule has 0 bridgehead atoms. The van der Waals surface area contributed by atoms with Crippen molar-refractivity contribution in [3.05, 3.63) is 0 Å². The van der Waals surface area contributed by atoms with Crippen molar-refractivity contribution in [3.8, 4) is 0 Å². The van der Waals surface area contributed by atoms with Gasteiger partial charge in [0, 0.05) is 0 Å². The molecule has 18 heteroatoms. The van der Waals surface area contributed by atoms with E-state index in [2.05, 4.69) is 5.32 Å². The molecule has 0 saturated carbocycles. The normalized spacial score (nSPS) is 48.1.